The first-order chi connectivity index (χ1) is 15.6. The van der Waals surface area contributed by atoms with Gasteiger partial charge in [0.2, 0.25) is 11.0 Å². The highest BCUT2D eigenvalue weighted by Crippen LogP contribution is 2.25. The third-order valence-corrected chi connectivity index (χ3v) is 7.28. The summed E-state index contributed by atoms with van der Waals surface area (Å²) in [5.74, 6) is 1.65. The smallest absolute Gasteiger partial charge is 0.220 e. The Bertz CT molecular complexity index is 803. The number of aromatic nitrogens is 2. The van der Waals surface area contributed by atoms with Crippen LogP contribution < -0.4 is 10.2 Å². The SMILES string of the molecule is CCCCCCCCCC(=O)NCC1CCN(c2nc(Cc3ccc(Cl)cc3)ns2)CC1. The standard InChI is InChI=1S/C25H37ClN4OS/c1-2-3-4-5-6-7-8-9-24(31)27-19-21-14-16-30(17-15-21)25-28-23(29-32-25)18-20-10-12-22(26)13-11-20/h10-13,21H,2-9,14-19H2,1H3,(H,27,31). The van der Waals surface area contributed by atoms with E-state index in [0.29, 0.717) is 12.3 Å². The molecule has 1 aliphatic rings. The van der Waals surface area contributed by atoms with Crippen molar-refractivity contribution < 1.29 is 4.79 Å². The number of hydrogen-bond donors (Lipinski definition) is 1. The van der Waals surface area contributed by atoms with Crippen LogP contribution in [-0.4, -0.2) is 34.9 Å². The molecule has 5 nitrogen and oxygen atoms in total. The quantitative estimate of drug-likeness (QED) is 0.347. The van der Waals surface area contributed by atoms with Crippen LogP contribution in [0.25, 0.3) is 0 Å². The summed E-state index contributed by atoms with van der Waals surface area (Å²) in [6, 6.07) is 7.86. The van der Waals surface area contributed by atoms with Gasteiger partial charge < -0.3 is 10.2 Å². The Morgan fingerprint density at radius 1 is 1.09 bits per heavy atom. The number of amides is 1. The molecule has 0 unspecified atom stereocenters. The molecule has 1 aliphatic heterocycles. The van der Waals surface area contributed by atoms with Crippen LogP contribution in [0.1, 0.15) is 82.5 Å². The second kappa shape index (κ2) is 13.8. The van der Waals surface area contributed by atoms with Crippen molar-refractivity contribution in [1.82, 2.24) is 14.7 Å². The molecule has 2 heterocycles. The van der Waals surface area contributed by atoms with E-state index in [-0.39, 0.29) is 5.91 Å². The van der Waals surface area contributed by atoms with E-state index in [4.69, 9.17) is 16.6 Å². The van der Waals surface area contributed by atoms with Crippen LogP contribution in [0, 0.1) is 5.92 Å². The molecule has 32 heavy (non-hydrogen) atoms. The van der Waals surface area contributed by atoms with Crippen LogP contribution in [-0.2, 0) is 11.2 Å². The largest absolute Gasteiger partial charge is 0.356 e. The van der Waals surface area contributed by atoms with Crippen LogP contribution in [0.2, 0.25) is 5.02 Å². The van der Waals surface area contributed by atoms with Crippen molar-refractivity contribution >= 4 is 34.2 Å². The fourth-order valence-electron chi connectivity index (χ4n) is 4.15. The van der Waals surface area contributed by atoms with Crippen molar-refractivity contribution in [2.24, 2.45) is 5.92 Å². The van der Waals surface area contributed by atoms with E-state index >= 15 is 0 Å². The number of anilines is 1. The third-order valence-electron chi connectivity index (χ3n) is 6.21. The molecule has 1 N–H and O–H groups in total. The number of unbranched alkanes of at least 4 members (excludes halogenated alkanes) is 6. The van der Waals surface area contributed by atoms with Gasteiger partial charge in [-0.1, -0.05) is 69.2 Å². The van der Waals surface area contributed by atoms with Crippen LogP contribution in [0.5, 0.6) is 0 Å². The van der Waals surface area contributed by atoms with Crippen molar-refractivity contribution in [3.63, 3.8) is 0 Å². The lowest BCUT2D eigenvalue weighted by Gasteiger charge is -2.31. The van der Waals surface area contributed by atoms with Gasteiger partial charge in [0, 0.05) is 49.0 Å². The van der Waals surface area contributed by atoms with Gasteiger partial charge in [0.15, 0.2) is 0 Å². The number of carbonyl (C=O) groups is 1. The lowest BCUT2D eigenvalue weighted by molar-refractivity contribution is -0.121. The monoisotopic (exact) mass is 476 g/mol. The summed E-state index contributed by atoms with van der Waals surface area (Å²) in [4.78, 5) is 19.2. The lowest BCUT2D eigenvalue weighted by atomic mass is 9.97. The molecule has 1 fully saturated rings. The molecule has 1 amide bonds. The highest BCUT2D eigenvalue weighted by molar-refractivity contribution is 7.09. The molecule has 0 spiro atoms. The summed E-state index contributed by atoms with van der Waals surface area (Å²) in [5.41, 5.74) is 1.17. The van der Waals surface area contributed by atoms with Crippen molar-refractivity contribution in [2.45, 2.75) is 77.6 Å². The number of benzene rings is 1. The zero-order chi connectivity index (χ0) is 22.6. The molecule has 7 heteroatoms. The molecule has 0 radical (unpaired) electrons. The van der Waals surface area contributed by atoms with Gasteiger partial charge in [-0.2, -0.15) is 4.37 Å². The van der Waals surface area contributed by atoms with Gasteiger partial charge in [-0.15, -0.1) is 0 Å². The van der Waals surface area contributed by atoms with Crippen LogP contribution in [0.15, 0.2) is 24.3 Å². The van der Waals surface area contributed by atoms with E-state index in [0.717, 1.165) is 61.3 Å². The van der Waals surface area contributed by atoms with Gasteiger partial charge in [0.1, 0.15) is 5.82 Å². The number of carbonyl (C=O) groups excluding carboxylic acids is 1. The van der Waals surface area contributed by atoms with Crippen molar-refractivity contribution in [3.05, 3.63) is 40.7 Å². The number of nitrogens with zero attached hydrogens (tertiary/aromatic N) is 3. The summed E-state index contributed by atoms with van der Waals surface area (Å²) in [6.45, 7) is 5.01. The van der Waals surface area contributed by atoms with E-state index in [1.54, 1.807) is 0 Å². The summed E-state index contributed by atoms with van der Waals surface area (Å²) in [5, 5.41) is 4.92. The first-order valence-corrected chi connectivity index (χ1v) is 13.4. The van der Waals surface area contributed by atoms with E-state index < -0.39 is 0 Å². The number of nitrogens with one attached hydrogen (secondary N) is 1. The van der Waals surface area contributed by atoms with Crippen LogP contribution in [0.4, 0.5) is 5.13 Å². The van der Waals surface area contributed by atoms with Gasteiger partial charge in [0.25, 0.3) is 0 Å². The number of halogens is 1. The van der Waals surface area contributed by atoms with Crippen LogP contribution >= 0.6 is 23.1 Å². The molecule has 1 saturated heterocycles. The van der Waals surface area contributed by atoms with Gasteiger partial charge in [-0.25, -0.2) is 4.98 Å². The van der Waals surface area contributed by atoms with Gasteiger partial charge >= 0.3 is 0 Å². The molecule has 0 bridgehead atoms. The first kappa shape index (κ1) is 25.0. The Morgan fingerprint density at radius 3 is 2.50 bits per heavy atom. The molecular weight excluding hydrogens is 440 g/mol. The van der Waals surface area contributed by atoms with E-state index in [9.17, 15) is 4.79 Å². The predicted molar refractivity (Wildman–Crippen MR) is 135 cm³/mol. The summed E-state index contributed by atoms with van der Waals surface area (Å²) in [6.07, 6.45) is 12.3. The zero-order valence-corrected chi connectivity index (χ0v) is 20.9. The Hall–Kier alpha value is -1.66. The zero-order valence-electron chi connectivity index (χ0n) is 19.3. The number of hydrogen-bond acceptors (Lipinski definition) is 5. The highest BCUT2D eigenvalue weighted by Gasteiger charge is 2.22. The molecule has 176 valence electrons. The average Bonchev–Trinajstić information content (AvgIpc) is 3.27. The minimum atomic E-state index is 0.219. The molecule has 2 aromatic rings. The Labute approximate surface area is 202 Å². The maximum Gasteiger partial charge on any atom is 0.220 e. The maximum atomic E-state index is 12.1. The molecule has 0 atom stereocenters. The topological polar surface area (TPSA) is 58.1 Å². The fourth-order valence-corrected chi connectivity index (χ4v) is 5.01. The minimum absolute atomic E-state index is 0.219. The second-order valence-corrected chi connectivity index (χ2v) is 10.1. The van der Waals surface area contributed by atoms with Crippen molar-refractivity contribution in [1.29, 1.82) is 0 Å². The second-order valence-electron chi connectivity index (χ2n) is 8.90. The average molecular weight is 477 g/mol. The summed E-state index contributed by atoms with van der Waals surface area (Å²) >= 11 is 7.44. The number of rotatable bonds is 13. The minimum Gasteiger partial charge on any atom is -0.356 e. The molecule has 0 aliphatic carbocycles. The molecular formula is C25H37ClN4OS. The summed E-state index contributed by atoms with van der Waals surface area (Å²) < 4.78 is 4.54. The van der Waals surface area contributed by atoms with Crippen molar-refractivity contribution in [2.75, 3.05) is 24.5 Å². The highest BCUT2D eigenvalue weighted by atomic mass is 35.5. The van der Waals surface area contributed by atoms with E-state index in [1.165, 1.54) is 55.6 Å². The summed E-state index contributed by atoms with van der Waals surface area (Å²) in [7, 11) is 0. The van der Waals surface area contributed by atoms with Gasteiger partial charge in [-0.3, -0.25) is 4.79 Å². The van der Waals surface area contributed by atoms with Crippen molar-refractivity contribution in [3.8, 4) is 0 Å². The van der Waals surface area contributed by atoms with E-state index in [2.05, 4.69) is 21.5 Å². The Balaban J connectivity index is 1.29. The predicted octanol–water partition coefficient (Wildman–Crippen LogP) is 6.26. The maximum absolute atomic E-state index is 12.1. The number of piperidine rings is 1. The first-order valence-electron chi connectivity index (χ1n) is 12.2. The molecule has 0 saturated carbocycles. The normalized spacial score (nSPS) is 14.6. The van der Waals surface area contributed by atoms with Gasteiger partial charge in [0.05, 0.1) is 0 Å². The lowest BCUT2D eigenvalue weighted by Crippen LogP contribution is -2.38. The Morgan fingerprint density at radius 2 is 1.78 bits per heavy atom. The van der Waals surface area contributed by atoms with Crippen LogP contribution in [0.3, 0.4) is 0 Å². The van der Waals surface area contributed by atoms with E-state index in [1.807, 2.05) is 24.3 Å². The molecule has 3 rings (SSSR count). The molecule has 1 aromatic heterocycles. The fraction of sp³-hybridized carbons (Fsp3) is 0.640. The molecule has 1 aromatic carbocycles. The van der Waals surface area contributed by atoms with Gasteiger partial charge in [-0.05, 0) is 42.9 Å². The third kappa shape index (κ3) is 8.70. The Kier molecular flexibility index (Phi) is 10.8.